The summed E-state index contributed by atoms with van der Waals surface area (Å²) in [6.45, 7) is 1.66. The topological polar surface area (TPSA) is 105 Å². The highest BCUT2D eigenvalue weighted by atomic mass is 19.1. The molecule has 6 nitrogen and oxygen atoms in total. The molecule has 4 aromatic rings. The second kappa shape index (κ2) is 7.20. The Bertz CT molecular complexity index is 1370. The summed E-state index contributed by atoms with van der Waals surface area (Å²) < 4.78 is 13.5. The van der Waals surface area contributed by atoms with Crippen LogP contribution in [0.3, 0.4) is 0 Å². The van der Waals surface area contributed by atoms with E-state index in [0.29, 0.717) is 38.8 Å². The molecular weight excluding hydrogens is 371 g/mol. The SMILES string of the molecule is Cc1c(C(=N)/N=c2/ccc(-c3ccc(O)c(F)c3)c[nH]2)[nH]c2ccccc2c1=O. The molecule has 0 spiro atoms. The number of aromatic amines is 2. The van der Waals surface area contributed by atoms with E-state index < -0.39 is 11.6 Å². The fourth-order valence-corrected chi connectivity index (χ4v) is 3.10. The maximum absolute atomic E-state index is 13.5. The summed E-state index contributed by atoms with van der Waals surface area (Å²) in [5.74, 6) is -1.18. The number of phenolic OH excluding ortho intramolecular Hbond substituents is 1. The molecule has 2 aromatic heterocycles. The molecule has 0 amide bonds. The Morgan fingerprint density at radius 2 is 1.86 bits per heavy atom. The summed E-state index contributed by atoms with van der Waals surface area (Å²) in [6.07, 6.45) is 1.63. The van der Waals surface area contributed by atoms with Gasteiger partial charge in [0.05, 0.1) is 5.69 Å². The first-order valence-electron chi connectivity index (χ1n) is 8.87. The number of hydrogen-bond donors (Lipinski definition) is 4. The third-order valence-electron chi connectivity index (χ3n) is 4.69. The predicted molar refractivity (Wildman–Crippen MR) is 110 cm³/mol. The minimum absolute atomic E-state index is 0.0787. The Balaban J connectivity index is 1.70. The number of para-hydroxylation sites is 1. The normalized spacial score (nSPS) is 11.7. The molecule has 0 atom stereocenters. The first-order chi connectivity index (χ1) is 13.9. The lowest BCUT2D eigenvalue weighted by Crippen LogP contribution is -2.17. The van der Waals surface area contributed by atoms with E-state index in [1.54, 1.807) is 49.5 Å². The van der Waals surface area contributed by atoms with Gasteiger partial charge in [-0.1, -0.05) is 18.2 Å². The van der Waals surface area contributed by atoms with Crippen molar-refractivity contribution in [1.82, 2.24) is 9.97 Å². The first-order valence-corrected chi connectivity index (χ1v) is 8.87. The highest BCUT2D eigenvalue weighted by molar-refractivity contribution is 5.98. The highest BCUT2D eigenvalue weighted by Crippen LogP contribution is 2.23. The van der Waals surface area contributed by atoms with Crippen LogP contribution in [0, 0.1) is 18.2 Å². The van der Waals surface area contributed by atoms with Crippen molar-refractivity contribution < 1.29 is 9.50 Å². The van der Waals surface area contributed by atoms with Crippen molar-refractivity contribution in [1.29, 1.82) is 5.41 Å². The molecule has 4 rings (SSSR count). The second-order valence-electron chi connectivity index (χ2n) is 6.59. The van der Waals surface area contributed by atoms with Gasteiger partial charge in [-0.25, -0.2) is 9.38 Å². The number of pyridine rings is 2. The van der Waals surface area contributed by atoms with Crippen LogP contribution in [0.15, 0.2) is 70.6 Å². The van der Waals surface area contributed by atoms with Crippen LogP contribution in [-0.2, 0) is 0 Å². The molecule has 4 N–H and O–H groups in total. The number of rotatable bonds is 2. The number of halogens is 1. The van der Waals surface area contributed by atoms with Crippen LogP contribution in [-0.4, -0.2) is 20.9 Å². The van der Waals surface area contributed by atoms with Gasteiger partial charge in [0.15, 0.2) is 22.8 Å². The fourth-order valence-electron chi connectivity index (χ4n) is 3.10. The first kappa shape index (κ1) is 18.4. The Labute approximate surface area is 164 Å². The number of benzene rings is 2. The molecule has 0 aliphatic rings. The average molecular weight is 388 g/mol. The van der Waals surface area contributed by atoms with Gasteiger partial charge < -0.3 is 15.1 Å². The lowest BCUT2D eigenvalue weighted by molar-refractivity contribution is 0.432. The lowest BCUT2D eigenvalue weighted by Gasteiger charge is -2.07. The number of aromatic nitrogens is 2. The van der Waals surface area contributed by atoms with Gasteiger partial charge in [-0.05, 0) is 54.4 Å². The second-order valence-corrected chi connectivity index (χ2v) is 6.59. The van der Waals surface area contributed by atoms with E-state index in [-0.39, 0.29) is 11.3 Å². The third kappa shape index (κ3) is 3.45. The molecule has 2 heterocycles. The van der Waals surface area contributed by atoms with E-state index in [4.69, 9.17) is 5.41 Å². The van der Waals surface area contributed by atoms with E-state index in [2.05, 4.69) is 15.0 Å². The number of phenols is 1. The number of nitrogens with zero attached hydrogens (tertiary/aromatic N) is 1. The van der Waals surface area contributed by atoms with Gasteiger partial charge in [-0.15, -0.1) is 0 Å². The molecule has 0 aliphatic carbocycles. The van der Waals surface area contributed by atoms with Gasteiger partial charge >= 0.3 is 0 Å². The Kier molecular flexibility index (Phi) is 4.56. The summed E-state index contributed by atoms with van der Waals surface area (Å²) in [7, 11) is 0. The molecule has 0 saturated carbocycles. The molecule has 0 saturated heterocycles. The molecular formula is C22H17FN4O2. The van der Waals surface area contributed by atoms with Crippen molar-refractivity contribution in [3.63, 3.8) is 0 Å². The summed E-state index contributed by atoms with van der Waals surface area (Å²) in [5, 5.41) is 18.2. The van der Waals surface area contributed by atoms with Crippen molar-refractivity contribution >= 4 is 16.7 Å². The molecule has 29 heavy (non-hydrogen) atoms. The van der Waals surface area contributed by atoms with Crippen molar-refractivity contribution in [2.24, 2.45) is 4.99 Å². The van der Waals surface area contributed by atoms with E-state index in [0.717, 1.165) is 0 Å². The number of H-pyrrole nitrogens is 2. The highest BCUT2D eigenvalue weighted by Gasteiger charge is 2.11. The number of amidine groups is 1. The minimum atomic E-state index is -0.700. The van der Waals surface area contributed by atoms with Crippen molar-refractivity contribution in [3.05, 3.63) is 93.6 Å². The van der Waals surface area contributed by atoms with Crippen LogP contribution >= 0.6 is 0 Å². The molecule has 2 aromatic carbocycles. The average Bonchev–Trinajstić information content (AvgIpc) is 2.73. The Hall–Kier alpha value is -4.00. The van der Waals surface area contributed by atoms with Gasteiger partial charge in [-0.2, -0.15) is 0 Å². The standard InChI is InChI=1S/C22H17FN4O2/c1-12-20(26-17-5-3-2-4-15(17)21(12)29)22(24)27-19-9-7-14(11-25-19)13-6-8-18(28)16(23)10-13/h2-11,28H,1H3,(H,26,29)(H2,24,25,27). The van der Waals surface area contributed by atoms with Crippen molar-refractivity contribution in [3.8, 4) is 16.9 Å². The molecule has 0 radical (unpaired) electrons. The van der Waals surface area contributed by atoms with E-state index in [9.17, 15) is 14.3 Å². The van der Waals surface area contributed by atoms with E-state index >= 15 is 0 Å². The molecule has 0 aliphatic heterocycles. The molecule has 0 unspecified atom stereocenters. The third-order valence-corrected chi connectivity index (χ3v) is 4.69. The summed E-state index contributed by atoms with van der Waals surface area (Å²) in [4.78, 5) is 22.9. The number of fused-ring (bicyclic) bond motifs is 1. The van der Waals surface area contributed by atoms with Crippen molar-refractivity contribution in [2.75, 3.05) is 0 Å². The van der Waals surface area contributed by atoms with Gasteiger partial charge in [0.1, 0.15) is 5.49 Å². The van der Waals surface area contributed by atoms with Gasteiger partial charge in [0.2, 0.25) is 0 Å². The van der Waals surface area contributed by atoms with Crippen LogP contribution in [0.5, 0.6) is 5.75 Å². The quantitative estimate of drug-likeness (QED) is 0.311. The van der Waals surface area contributed by atoms with E-state index in [1.165, 1.54) is 12.1 Å². The number of hydrogen-bond acceptors (Lipinski definition) is 3. The fraction of sp³-hybridized carbons (Fsp3) is 0.0455. The molecule has 144 valence electrons. The smallest absolute Gasteiger partial charge is 0.193 e. The zero-order valence-electron chi connectivity index (χ0n) is 15.5. The van der Waals surface area contributed by atoms with Gasteiger partial charge in [0.25, 0.3) is 0 Å². The molecule has 0 fully saturated rings. The Morgan fingerprint density at radius 3 is 2.59 bits per heavy atom. The maximum atomic E-state index is 13.5. The minimum Gasteiger partial charge on any atom is -0.505 e. The van der Waals surface area contributed by atoms with Gasteiger partial charge in [0, 0.05) is 22.7 Å². The predicted octanol–water partition coefficient (Wildman–Crippen LogP) is 3.60. The van der Waals surface area contributed by atoms with Crippen LogP contribution in [0.4, 0.5) is 4.39 Å². The summed E-state index contributed by atoms with van der Waals surface area (Å²) >= 11 is 0. The largest absolute Gasteiger partial charge is 0.505 e. The van der Waals surface area contributed by atoms with E-state index in [1.807, 2.05) is 6.07 Å². The monoisotopic (exact) mass is 388 g/mol. The zero-order chi connectivity index (χ0) is 20.5. The van der Waals surface area contributed by atoms with Crippen LogP contribution < -0.4 is 10.9 Å². The lowest BCUT2D eigenvalue weighted by atomic mass is 10.1. The van der Waals surface area contributed by atoms with Gasteiger partial charge in [-0.3, -0.25) is 10.2 Å². The van der Waals surface area contributed by atoms with Crippen molar-refractivity contribution in [2.45, 2.75) is 6.92 Å². The maximum Gasteiger partial charge on any atom is 0.193 e. The molecule has 0 bridgehead atoms. The summed E-state index contributed by atoms with van der Waals surface area (Å²) in [5.41, 5.74) is 2.99. The number of nitrogens with one attached hydrogen (secondary N) is 3. The Morgan fingerprint density at radius 1 is 1.10 bits per heavy atom. The molecule has 7 heteroatoms. The van der Waals surface area contributed by atoms with Crippen LogP contribution in [0.1, 0.15) is 11.3 Å². The zero-order valence-corrected chi connectivity index (χ0v) is 15.5. The summed E-state index contributed by atoms with van der Waals surface area (Å²) in [6, 6.07) is 14.6. The van der Waals surface area contributed by atoms with Crippen LogP contribution in [0.25, 0.3) is 22.0 Å². The number of aromatic hydroxyl groups is 1. The van der Waals surface area contributed by atoms with Crippen LogP contribution in [0.2, 0.25) is 0 Å².